The third kappa shape index (κ3) is 3.97. The number of nitrogens with zero attached hydrogens (tertiary/aromatic N) is 3. The fourth-order valence-electron chi connectivity index (χ4n) is 3.41. The van der Waals surface area contributed by atoms with E-state index in [1.165, 1.54) is 16.3 Å². The Morgan fingerprint density at radius 3 is 2.72 bits per heavy atom. The summed E-state index contributed by atoms with van der Waals surface area (Å²) in [7, 11) is 0. The first-order valence-corrected chi connectivity index (χ1v) is 9.54. The van der Waals surface area contributed by atoms with Gasteiger partial charge in [-0.3, -0.25) is 10.8 Å². The molecule has 2 aromatic carbocycles. The van der Waals surface area contributed by atoms with E-state index < -0.39 is 0 Å². The topological polar surface area (TPSA) is 94.8 Å². The smallest absolute Gasteiger partial charge is 0.107 e. The molecule has 0 saturated carbocycles. The lowest BCUT2D eigenvalue weighted by atomic mass is 10.0. The molecule has 0 unspecified atom stereocenters. The van der Waals surface area contributed by atoms with E-state index in [1.807, 2.05) is 31.6 Å². The Morgan fingerprint density at radius 1 is 1.03 bits per heavy atom. The molecule has 5 N–H and O–H groups in total. The maximum absolute atomic E-state index is 6.14. The molecule has 4 rings (SSSR count). The molecular formula is C23H24N6. The molecular weight excluding hydrogens is 360 g/mol. The van der Waals surface area contributed by atoms with Crippen molar-refractivity contribution >= 4 is 16.5 Å². The van der Waals surface area contributed by atoms with E-state index >= 15 is 0 Å². The minimum atomic E-state index is 0.589. The Balaban J connectivity index is 1.53. The first-order valence-electron chi connectivity index (χ1n) is 9.54. The largest absolute Gasteiger partial charge is 0.397 e. The molecule has 146 valence electrons. The number of allylic oxidation sites excluding steroid dienone is 1. The highest BCUT2D eigenvalue weighted by atomic mass is 15.2. The molecule has 6 nitrogen and oxygen atoms in total. The van der Waals surface area contributed by atoms with Crippen LogP contribution in [0.15, 0.2) is 79.0 Å². The fraction of sp³-hybridized carbons (Fsp3) is 0.130. The number of benzene rings is 2. The molecule has 0 amide bonds. The van der Waals surface area contributed by atoms with Crippen molar-refractivity contribution in [2.75, 3.05) is 0 Å². The number of aryl methyl sites for hydroxylation is 2. The van der Waals surface area contributed by atoms with Gasteiger partial charge in [-0.05, 0) is 41.8 Å². The molecule has 0 spiro atoms. The highest BCUT2D eigenvalue weighted by Crippen LogP contribution is 2.21. The van der Waals surface area contributed by atoms with Crippen LogP contribution >= 0.6 is 0 Å². The van der Waals surface area contributed by atoms with Crippen molar-refractivity contribution in [3.8, 4) is 11.4 Å². The minimum Gasteiger partial charge on any atom is -0.397 e. The second-order valence-electron chi connectivity index (χ2n) is 7.00. The second-order valence-corrected chi connectivity index (χ2v) is 7.00. The van der Waals surface area contributed by atoms with Gasteiger partial charge < -0.3 is 15.7 Å². The number of hydrazine groups is 1. The first kappa shape index (κ1) is 18.7. The van der Waals surface area contributed by atoms with Crippen LogP contribution in [0.25, 0.3) is 27.9 Å². The predicted molar refractivity (Wildman–Crippen MR) is 117 cm³/mol. The Morgan fingerprint density at radius 2 is 1.86 bits per heavy atom. The number of imidazole rings is 1. The molecule has 0 saturated heterocycles. The molecule has 0 bridgehead atoms. The number of aromatic nitrogens is 3. The summed E-state index contributed by atoms with van der Waals surface area (Å²) < 4.78 is 2.09. The summed E-state index contributed by atoms with van der Waals surface area (Å²) in [4.78, 5) is 8.97. The molecule has 2 aromatic heterocycles. The summed E-state index contributed by atoms with van der Waals surface area (Å²) in [6.07, 6.45) is 6.53. The average Bonchev–Trinajstić information content (AvgIpc) is 3.26. The third-order valence-electron chi connectivity index (χ3n) is 5.11. The predicted octanol–water partition coefficient (Wildman–Crippen LogP) is 3.45. The summed E-state index contributed by atoms with van der Waals surface area (Å²) in [6.45, 7) is 2.68. The van der Waals surface area contributed by atoms with Gasteiger partial charge in [0.05, 0.1) is 17.7 Å². The lowest BCUT2D eigenvalue weighted by molar-refractivity contribution is 0.698. The SMILES string of the molecule is C/C(NN)=C(/N)c1ccnc(-c2cn(CCc3cccc4ccccc34)cn2)c1. The van der Waals surface area contributed by atoms with E-state index in [9.17, 15) is 0 Å². The van der Waals surface area contributed by atoms with Gasteiger partial charge in [0.15, 0.2) is 0 Å². The number of rotatable bonds is 6. The summed E-state index contributed by atoms with van der Waals surface area (Å²) >= 11 is 0. The lowest BCUT2D eigenvalue weighted by Crippen LogP contribution is -2.22. The van der Waals surface area contributed by atoms with Gasteiger partial charge in [0.1, 0.15) is 5.69 Å². The highest BCUT2D eigenvalue weighted by Gasteiger charge is 2.08. The lowest BCUT2D eigenvalue weighted by Gasteiger charge is -2.08. The molecule has 2 heterocycles. The number of nitrogens with one attached hydrogen (secondary N) is 1. The Kier molecular flexibility index (Phi) is 5.27. The normalized spacial score (nSPS) is 12.1. The van der Waals surface area contributed by atoms with E-state index in [2.05, 4.69) is 62.4 Å². The maximum atomic E-state index is 6.14. The van der Waals surface area contributed by atoms with Gasteiger partial charge in [-0.2, -0.15) is 0 Å². The Bertz CT molecular complexity index is 1170. The van der Waals surface area contributed by atoms with Crippen LogP contribution in [0.4, 0.5) is 0 Å². The maximum Gasteiger partial charge on any atom is 0.107 e. The molecule has 6 heteroatoms. The summed E-state index contributed by atoms with van der Waals surface area (Å²) in [6, 6.07) is 18.7. The quantitative estimate of drug-likeness (QED) is 0.350. The van der Waals surface area contributed by atoms with E-state index in [-0.39, 0.29) is 0 Å². The molecule has 0 aliphatic carbocycles. The number of hydrogen-bond acceptors (Lipinski definition) is 5. The van der Waals surface area contributed by atoms with Crippen LogP contribution in [0.5, 0.6) is 0 Å². The van der Waals surface area contributed by atoms with Crippen molar-refractivity contribution in [1.29, 1.82) is 0 Å². The molecule has 0 fully saturated rings. The van der Waals surface area contributed by atoms with E-state index in [1.54, 1.807) is 6.20 Å². The molecule has 0 atom stereocenters. The van der Waals surface area contributed by atoms with Crippen LogP contribution in [0.1, 0.15) is 18.1 Å². The number of fused-ring (bicyclic) bond motifs is 1. The zero-order chi connectivity index (χ0) is 20.2. The number of pyridine rings is 1. The van der Waals surface area contributed by atoms with Gasteiger partial charge in [0.25, 0.3) is 0 Å². The van der Waals surface area contributed by atoms with Crippen molar-refractivity contribution in [3.05, 3.63) is 90.1 Å². The second kappa shape index (κ2) is 8.16. The average molecular weight is 384 g/mol. The van der Waals surface area contributed by atoms with E-state index in [0.717, 1.165) is 29.9 Å². The van der Waals surface area contributed by atoms with Gasteiger partial charge in [-0.25, -0.2) is 4.98 Å². The van der Waals surface area contributed by atoms with Crippen LogP contribution in [0.3, 0.4) is 0 Å². The van der Waals surface area contributed by atoms with Crippen LogP contribution in [-0.4, -0.2) is 14.5 Å². The van der Waals surface area contributed by atoms with Crippen LogP contribution < -0.4 is 17.0 Å². The zero-order valence-electron chi connectivity index (χ0n) is 16.3. The Hall–Kier alpha value is -3.64. The number of nitrogens with two attached hydrogens (primary N) is 2. The molecule has 0 radical (unpaired) electrons. The van der Waals surface area contributed by atoms with Crippen molar-refractivity contribution < 1.29 is 0 Å². The number of hydrogen-bond donors (Lipinski definition) is 3. The van der Waals surface area contributed by atoms with Gasteiger partial charge in [0.2, 0.25) is 0 Å². The first-order chi connectivity index (χ1) is 14.2. The van der Waals surface area contributed by atoms with Gasteiger partial charge in [-0.1, -0.05) is 42.5 Å². The summed E-state index contributed by atoms with van der Waals surface area (Å²) in [5.41, 5.74) is 13.8. The summed E-state index contributed by atoms with van der Waals surface area (Å²) in [5, 5.41) is 2.57. The monoisotopic (exact) mass is 384 g/mol. The van der Waals surface area contributed by atoms with E-state index in [4.69, 9.17) is 11.6 Å². The zero-order valence-corrected chi connectivity index (χ0v) is 16.3. The molecule has 0 aliphatic heterocycles. The van der Waals surface area contributed by atoms with Crippen LogP contribution in [0, 0.1) is 0 Å². The van der Waals surface area contributed by atoms with Crippen molar-refractivity contribution in [3.63, 3.8) is 0 Å². The fourth-order valence-corrected chi connectivity index (χ4v) is 3.41. The van der Waals surface area contributed by atoms with Gasteiger partial charge >= 0.3 is 0 Å². The van der Waals surface area contributed by atoms with Crippen molar-refractivity contribution in [2.45, 2.75) is 19.9 Å². The minimum absolute atomic E-state index is 0.589. The van der Waals surface area contributed by atoms with Crippen molar-refractivity contribution in [2.24, 2.45) is 11.6 Å². The van der Waals surface area contributed by atoms with Crippen LogP contribution in [0.2, 0.25) is 0 Å². The van der Waals surface area contributed by atoms with Crippen LogP contribution in [-0.2, 0) is 13.0 Å². The highest BCUT2D eigenvalue weighted by molar-refractivity contribution is 5.85. The summed E-state index contributed by atoms with van der Waals surface area (Å²) in [5.74, 6) is 5.46. The third-order valence-corrected chi connectivity index (χ3v) is 5.11. The van der Waals surface area contributed by atoms with Gasteiger partial charge in [0, 0.05) is 30.2 Å². The molecule has 0 aliphatic rings. The standard InChI is InChI=1S/C23H24N6/c1-16(28-25)23(24)19-9-11-26-21(13-19)22-14-29(15-27-22)12-10-18-7-4-6-17-5-2-3-8-20(17)18/h2-9,11,13-15,28H,10,12,24-25H2,1H3/b23-16-. The molecule has 29 heavy (non-hydrogen) atoms. The van der Waals surface area contributed by atoms with E-state index in [0.29, 0.717) is 11.4 Å². The van der Waals surface area contributed by atoms with Crippen molar-refractivity contribution in [1.82, 2.24) is 20.0 Å². The van der Waals surface area contributed by atoms with Gasteiger partial charge in [-0.15, -0.1) is 0 Å². The Labute approximate surface area is 169 Å². The molecule has 4 aromatic rings.